The molecule has 1 saturated carbocycles. The van der Waals surface area contributed by atoms with Gasteiger partial charge in [-0.25, -0.2) is 14.4 Å². The van der Waals surface area contributed by atoms with Gasteiger partial charge in [-0.15, -0.1) is 0 Å². The SMILES string of the molecule is O=C(O)[C@@H]1[C@H]2CCC[C@@H](CN1C(=O)N(c1ccccc1)c1ccccc1)N2C(=O)N(Cc1ccccc1)C1CC1. The highest BCUT2D eigenvalue weighted by Gasteiger charge is 2.53. The molecule has 6 rings (SSSR count). The van der Waals surface area contributed by atoms with Gasteiger partial charge in [0, 0.05) is 19.1 Å². The molecule has 3 fully saturated rings. The van der Waals surface area contributed by atoms with E-state index in [1.807, 2.05) is 101 Å². The van der Waals surface area contributed by atoms with Gasteiger partial charge >= 0.3 is 18.0 Å². The number of carboxylic acids is 1. The van der Waals surface area contributed by atoms with Gasteiger partial charge in [0.25, 0.3) is 0 Å². The number of carboxylic acid groups (broad SMARTS) is 1. The number of fused-ring (bicyclic) bond motifs is 2. The molecule has 206 valence electrons. The standard InChI is InChI=1S/C32H34N4O4/c37-30(38)29-28-18-10-17-27(36(28)31(39)33(24-19-20-24)21-23-11-4-1-5-12-23)22-34(29)32(40)35(25-13-6-2-7-14-25)26-15-8-3-9-16-26/h1-9,11-16,24,27-29H,10,17-22H2,(H,37,38)/t27-,28+,29-/m0/s1. The third-order valence-corrected chi connectivity index (χ3v) is 8.26. The van der Waals surface area contributed by atoms with Crippen molar-refractivity contribution in [3.63, 3.8) is 0 Å². The number of piperazine rings is 1. The number of nitrogens with zero attached hydrogens (tertiary/aromatic N) is 4. The fraction of sp³-hybridized carbons (Fsp3) is 0.344. The van der Waals surface area contributed by atoms with Crippen molar-refractivity contribution >= 4 is 29.4 Å². The molecule has 3 aromatic rings. The van der Waals surface area contributed by atoms with Crippen LogP contribution in [-0.4, -0.2) is 68.5 Å². The maximum absolute atomic E-state index is 14.3. The Morgan fingerprint density at radius 3 is 1.88 bits per heavy atom. The normalized spacial score (nSPS) is 21.9. The van der Waals surface area contributed by atoms with E-state index in [9.17, 15) is 19.5 Å². The highest BCUT2D eigenvalue weighted by molar-refractivity contribution is 6.01. The molecule has 2 saturated heterocycles. The molecule has 1 aliphatic carbocycles. The van der Waals surface area contributed by atoms with Crippen molar-refractivity contribution in [3.8, 4) is 0 Å². The smallest absolute Gasteiger partial charge is 0.329 e. The number of benzene rings is 3. The number of likely N-dealkylation sites (tertiary alicyclic amines) is 1. The molecule has 3 aliphatic rings. The summed E-state index contributed by atoms with van der Waals surface area (Å²) >= 11 is 0. The third kappa shape index (κ3) is 5.01. The van der Waals surface area contributed by atoms with Crippen LogP contribution in [0.3, 0.4) is 0 Å². The first kappa shape index (κ1) is 25.9. The Bertz CT molecular complexity index is 1310. The first-order valence-corrected chi connectivity index (χ1v) is 14.1. The van der Waals surface area contributed by atoms with Crippen molar-refractivity contribution in [2.45, 2.75) is 62.8 Å². The average molecular weight is 539 g/mol. The number of hydrogen-bond acceptors (Lipinski definition) is 3. The predicted octanol–water partition coefficient (Wildman–Crippen LogP) is 5.72. The summed E-state index contributed by atoms with van der Waals surface area (Å²) < 4.78 is 0. The molecule has 40 heavy (non-hydrogen) atoms. The number of urea groups is 2. The molecule has 0 spiro atoms. The number of carbonyl (C=O) groups excluding carboxylic acids is 2. The quantitative estimate of drug-likeness (QED) is 0.435. The van der Waals surface area contributed by atoms with Gasteiger partial charge in [0.15, 0.2) is 6.04 Å². The summed E-state index contributed by atoms with van der Waals surface area (Å²) in [4.78, 5) is 48.1. The number of para-hydroxylation sites is 2. The van der Waals surface area contributed by atoms with E-state index in [2.05, 4.69) is 0 Å². The van der Waals surface area contributed by atoms with Crippen molar-refractivity contribution < 1.29 is 19.5 Å². The van der Waals surface area contributed by atoms with Gasteiger partial charge in [-0.3, -0.25) is 4.90 Å². The molecule has 0 unspecified atom stereocenters. The second-order valence-corrected chi connectivity index (χ2v) is 10.9. The van der Waals surface area contributed by atoms with Crippen LogP contribution in [-0.2, 0) is 11.3 Å². The number of amides is 4. The van der Waals surface area contributed by atoms with Crippen molar-refractivity contribution in [1.29, 1.82) is 0 Å². The van der Waals surface area contributed by atoms with E-state index in [1.54, 1.807) is 4.90 Å². The van der Waals surface area contributed by atoms with Gasteiger partial charge in [-0.05, 0) is 61.9 Å². The van der Waals surface area contributed by atoms with E-state index in [-0.39, 0.29) is 24.7 Å². The maximum atomic E-state index is 14.3. The zero-order valence-electron chi connectivity index (χ0n) is 22.4. The average Bonchev–Trinajstić information content (AvgIpc) is 3.82. The van der Waals surface area contributed by atoms with Crippen LogP contribution in [0.4, 0.5) is 21.0 Å². The fourth-order valence-corrected chi connectivity index (χ4v) is 6.26. The minimum absolute atomic E-state index is 0.109. The van der Waals surface area contributed by atoms with E-state index in [1.165, 1.54) is 4.90 Å². The monoisotopic (exact) mass is 538 g/mol. The van der Waals surface area contributed by atoms with Gasteiger partial charge in [0.2, 0.25) is 0 Å². The van der Waals surface area contributed by atoms with Crippen LogP contribution in [0.5, 0.6) is 0 Å². The highest BCUT2D eigenvalue weighted by atomic mass is 16.4. The summed E-state index contributed by atoms with van der Waals surface area (Å²) in [7, 11) is 0. The van der Waals surface area contributed by atoms with Crippen LogP contribution in [0.1, 0.15) is 37.7 Å². The Morgan fingerprint density at radius 1 is 0.750 bits per heavy atom. The van der Waals surface area contributed by atoms with Gasteiger partial charge in [-0.1, -0.05) is 66.7 Å². The topological polar surface area (TPSA) is 84.4 Å². The molecule has 2 bridgehead atoms. The summed E-state index contributed by atoms with van der Waals surface area (Å²) in [5, 5.41) is 10.5. The van der Waals surface area contributed by atoms with E-state index >= 15 is 0 Å². The second-order valence-electron chi connectivity index (χ2n) is 10.9. The Morgan fingerprint density at radius 2 is 1.32 bits per heavy atom. The van der Waals surface area contributed by atoms with E-state index < -0.39 is 24.1 Å². The fourth-order valence-electron chi connectivity index (χ4n) is 6.26. The molecule has 3 atom stereocenters. The first-order chi connectivity index (χ1) is 19.5. The van der Waals surface area contributed by atoms with Crippen molar-refractivity contribution in [2.24, 2.45) is 0 Å². The molecule has 2 heterocycles. The number of aliphatic carboxylic acids is 1. The number of carbonyl (C=O) groups is 3. The highest BCUT2D eigenvalue weighted by Crippen LogP contribution is 2.38. The Balaban J connectivity index is 1.32. The van der Waals surface area contributed by atoms with Crippen LogP contribution < -0.4 is 4.90 Å². The molecule has 1 N–H and O–H groups in total. The molecule has 2 aliphatic heterocycles. The minimum Gasteiger partial charge on any atom is -0.480 e. The Labute approximate surface area is 234 Å². The zero-order valence-corrected chi connectivity index (χ0v) is 22.4. The molecular weight excluding hydrogens is 504 g/mol. The van der Waals surface area contributed by atoms with E-state index in [0.29, 0.717) is 24.3 Å². The molecular formula is C32H34N4O4. The van der Waals surface area contributed by atoms with Gasteiger partial charge in [-0.2, -0.15) is 0 Å². The number of hydrogen-bond donors (Lipinski definition) is 1. The first-order valence-electron chi connectivity index (χ1n) is 14.1. The number of anilines is 2. The number of rotatable bonds is 6. The largest absolute Gasteiger partial charge is 0.480 e. The lowest BCUT2D eigenvalue weighted by Crippen LogP contribution is -2.72. The minimum atomic E-state index is -1.14. The van der Waals surface area contributed by atoms with Crippen LogP contribution >= 0.6 is 0 Å². The van der Waals surface area contributed by atoms with E-state index in [0.717, 1.165) is 31.2 Å². The van der Waals surface area contributed by atoms with Crippen LogP contribution in [0.25, 0.3) is 0 Å². The molecule has 0 aromatic heterocycles. The van der Waals surface area contributed by atoms with Gasteiger partial charge in [0.1, 0.15) is 0 Å². The molecule has 4 amide bonds. The maximum Gasteiger partial charge on any atom is 0.329 e. The summed E-state index contributed by atoms with van der Waals surface area (Å²) in [5.74, 6) is -1.08. The van der Waals surface area contributed by atoms with Crippen molar-refractivity contribution in [3.05, 3.63) is 96.6 Å². The lowest BCUT2D eigenvalue weighted by atomic mass is 9.86. The Kier molecular flexibility index (Phi) is 7.15. The van der Waals surface area contributed by atoms with E-state index in [4.69, 9.17) is 0 Å². The summed E-state index contributed by atoms with van der Waals surface area (Å²) in [6.07, 6.45) is 4.02. The molecule has 8 heteroatoms. The molecule has 3 aromatic carbocycles. The van der Waals surface area contributed by atoms with Gasteiger partial charge < -0.3 is 19.8 Å². The lowest BCUT2D eigenvalue weighted by molar-refractivity contribution is -0.148. The van der Waals surface area contributed by atoms with Crippen LogP contribution in [0, 0.1) is 0 Å². The second kappa shape index (κ2) is 11.0. The third-order valence-electron chi connectivity index (χ3n) is 8.26. The van der Waals surface area contributed by atoms with Crippen molar-refractivity contribution in [2.75, 3.05) is 11.4 Å². The molecule has 0 radical (unpaired) electrons. The summed E-state index contributed by atoms with van der Waals surface area (Å²) in [6, 6.07) is 26.2. The zero-order chi connectivity index (χ0) is 27.6. The lowest BCUT2D eigenvalue weighted by Gasteiger charge is -2.54. The van der Waals surface area contributed by atoms with Crippen LogP contribution in [0.15, 0.2) is 91.0 Å². The molecule has 8 nitrogen and oxygen atoms in total. The van der Waals surface area contributed by atoms with Crippen LogP contribution in [0.2, 0.25) is 0 Å². The Hall–Kier alpha value is -4.33. The van der Waals surface area contributed by atoms with Crippen molar-refractivity contribution in [1.82, 2.24) is 14.7 Å². The predicted molar refractivity (Wildman–Crippen MR) is 152 cm³/mol. The summed E-state index contributed by atoms with van der Waals surface area (Å²) in [5.41, 5.74) is 2.38. The number of piperidine rings is 1. The van der Waals surface area contributed by atoms with Gasteiger partial charge in [0.05, 0.1) is 23.5 Å². The summed E-state index contributed by atoms with van der Waals surface area (Å²) in [6.45, 7) is 0.675.